The molecule has 1 aliphatic carbocycles. The van der Waals surface area contributed by atoms with Gasteiger partial charge in [-0.2, -0.15) is 0 Å². The molecule has 234 valence electrons. The number of pyridine rings is 1. The summed E-state index contributed by atoms with van der Waals surface area (Å²) in [6.45, 7) is 16.0. The second kappa shape index (κ2) is 15.3. The van der Waals surface area contributed by atoms with Gasteiger partial charge < -0.3 is 20.9 Å². The molecule has 1 aromatic carbocycles. The van der Waals surface area contributed by atoms with Gasteiger partial charge in [0.25, 0.3) is 11.5 Å². The lowest BCUT2D eigenvalue weighted by Crippen LogP contribution is -2.35. The molecule has 2 atom stereocenters. The van der Waals surface area contributed by atoms with Crippen molar-refractivity contribution >= 4 is 24.2 Å². The van der Waals surface area contributed by atoms with Crippen molar-refractivity contribution in [3.63, 3.8) is 0 Å². The average molecular weight is 589 g/mol. The molecule has 1 amide bonds. The van der Waals surface area contributed by atoms with Crippen molar-refractivity contribution < 1.29 is 4.79 Å². The predicted octanol–water partition coefficient (Wildman–Crippen LogP) is 6.25. The number of nitrogens with one attached hydrogen (secondary N) is 2. The number of H-pyrrole nitrogens is 1. The third-order valence-electron chi connectivity index (χ3n) is 9.52. The molecule has 0 radical (unpaired) electrons. The third-order valence-corrected chi connectivity index (χ3v) is 9.52. The molecule has 1 aliphatic rings. The quantitative estimate of drug-likeness (QED) is 0.213. The van der Waals surface area contributed by atoms with Crippen LogP contribution in [0.3, 0.4) is 0 Å². The molecule has 1 fully saturated rings. The van der Waals surface area contributed by atoms with Crippen molar-refractivity contribution in [1.82, 2.24) is 15.2 Å². The van der Waals surface area contributed by atoms with Gasteiger partial charge in [-0.15, -0.1) is 0 Å². The van der Waals surface area contributed by atoms with E-state index >= 15 is 0 Å². The smallest absolute Gasteiger partial charge is 0.253 e. The van der Waals surface area contributed by atoms with E-state index in [1.807, 2.05) is 32.9 Å². The van der Waals surface area contributed by atoms with Crippen LogP contribution in [-0.4, -0.2) is 48.6 Å². The maximum absolute atomic E-state index is 13.8. The first-order valence-electron chi connectivity index (χ1n) is 15.7. The molecule has 1 saturated carbocycles. The van der Waals surface area contributed by atoms with E-state index in [1.165, 1.54) is 31.2 Å². The molecular weight excluding hydrogens is 536 g/mol. The van der Waals surface area contributed by atoms with Crippen LogP contribution in [0.25, 0.3) is 5.57 Å². The van der Waals surface area contributed by atoms with Gasteiger partial charge in [0.2, 0.25) is 5.96 Å². The summed E-state index contributed by atoms with van der Waals surface area (Å²) in [5.41, 5.74) is 12.4. The normalized spacial score (nSPS) is 19.3. The first-order valence-corrected chi connectivity index (χ1v) is 15.7. The Bertz CT molecular complexity index is 1410. The number of hydrogen-bond acceptors (Lipinski definition) is 4. The largest absolute Gasteiger partial charge is 0.368 e. The summed E-state index contributed by atoms with van der Waals surface area (Å²) in [5, 5.41) is 3.04. The highest BCUT2D eigenvalue weighted by atomic mass is 16.1. The standard InChI is InChI=1S/C35H52N6O2/c1-10-28(25-12-14-27(15-13-25)41(8)9)29(11-2)30-17-26(22(4)19-39-35(36)37-7)18-31(24(30)6)33(42)38-20-32-21(3)16-23(5)40-34(32)43/h16-19,25,27-29H,7,10-15,20H2,1-6,8-9H3,(H2,36,39)(H,38,42)(H,40,43). The van der Waals surface area contributed by atoms with Crippen molar-refractivity contribution in [2.24, 2.45) is 27.6 Å². The second-order valence-electron chi connectivity index (χ2n) is 12.4. The molecule has 8 heteroatoms. The number of aromatic nitrogens is 1. The first-order chi connectivity index (χ1) is 20.4. The predicted molar refractivity (Wildman–Crippen MR) is 180 cm³/mol. The Kier molecular flexibility index (Phi) is 12.1. The lowest BCUT2D eigenvalue weighted by molar-refractivity contribution is 0.0949. The van der Waals surface area contributed by atoms with Crippen LogP contribution >= 0.6 is 0 Å². The molecule has 4 N–H and O–H groups in total. The molecule has 2 aromatic rings. The van der Waals surface area contributed by atoms with Crippen molar-refractivity contribution in [1.29, 1.82) is 0 Å². The average Bonchev–Trinajstić information content (AvgIpc) is 2.98. The van der Waals surface area contributed by atoms with Crippen LogP contribution in [0.4, 0.5) is 0 Å². The van der Waals surface area contributed by atoms with Crippen molar-refractivity contribution in [3.05, 3.63) is 73.8 Å². The maximum Gasteiger partial charge on any atom is 0.253 e. The lowest BCUT2D eigenvalue weighted by Gasteiger charge is -2.40. The Morgan fingerprint density at radius 1 is 1.14 bits per heavy atom. The summed E-state index contributed by atoms with van der Waals surface area (Å²) in [4.78, 5) is 39.5. The Morgan fingerprint density at radius 2 is 1.81 bits per heavy atom. The van der Waals surface area contributed by atoms with Gasteiger partial charge >= 0.3 is 0 Å². The number of allylic oxidation sites excluding steroid dienone is 1. The van der Waals surface area contributed by atoms with Gasteiger partial charge in [-0.1, -0.05) is 26.3 Å². The number of aromatic amines is 1. The van der Waals surface area contributed by atoms with Crippen molar-refractivity contribution in [2.75, 3.05) is 14.1 Å². The van der Waals surface area contributed by atoms with Crippen LogP contribution in [0.1, 0.15) is 109 Å². The third kappa shape index (κ3) is 8.31. The zero-order valence-corrected chi connectivity index (χ0v) is 27.5. The fraction of sp³-hybridized carbons (Fsp3) is 0.543. The molecule has 43 heavy (non-hydrogen) atoms. The number of nitrogens with two attached hydrogens (primary N) is 1. The number of rotatable bonds is 11. The molecule has 0 bridgehead atoms. The van der Waals surface area contributed by atoms with Gasteiger partial charge in [-0.05, 0) is 138 Å². The molecule has 0 aliphatic heterocycles. The highest BCUT2D eigenvalue weighted by molar-refractivity contribution is 5.97. The van der Waals surface area contributed by atoms with Crippen LogP contribution in [0.5, 0.6) is 0 Å². The summed E-state index contributed by atoms with van der Waals surface area (Å²) >= 11 is 0. The van der Waals surface area contributed by atoms with Crippen molar-refractivity contribution in [2.45, 2.75) is 98.6 Å². The van der Waals surface area contributed by atoms with E-state index < -0.39 is 0 Å². The Morgan fingerprint density at radius 3 is 2.37 bits per heavy atom. The summed E-state index contributed by atoms with van der Waals surface area (Å²) in [6.07, 6.45) is 8.68. The fourth-order valence-electron chi connectivity index (χ4n) is 6.97. The summed E-state index contributed by atoms with van der Waals surface area (Å²) < 4.78 is 0. The molecule has 0 spiro atoms. The number of carbonyl (C=O) groups is 1. The first kappa shape index (κ1) is 34.0. The Hall–Kier alpha value is -3.52. The highest BCUT2D eigenvalue weighted by Crippen LogP contribution is 2.44. The van der Waals surface area contributed by atoms with Crippen LogP contribution in [0.2, 0.25) is 0 Å². The van der Waals surface area contributed by atoms with Crippen molar-refractivity contribution in [3.8, 4) is 0 Å². The molecule has 8 nitrogen and oxygen atoms in total. The zero-order chi connectivity index (χ0) is 31.8. The number of guanidine groups is 1. The molecular formula is C35H52N6O2. The number of nitrogens with zero attached hydrogens (tertiary/aromatic N) is 3. The zero-order valence-electron chi connectivity index (χ0n) is 27.5. The minimum Gasteiger partial charge on any atom is -0.368 e. The molecule has 2 unspecified atom stereocenters. The van der Waals surface area contributed by atoms with E-state index in [4.69, 9.17) is 5.73 Å². The highest BCUT2D eigenvalue weighted by Gasteiger charge is 2.33. The molecule has 0 saturated heterocycles. The minimum absolute atomic E-state index is 0.0918. The SMILES string of the molecule is C=NC(N)=NC=C(C)c1cc(C(=O)NCc2c(C)cc(C)[nH]c2=O)c(C)c(C(CC)C(CC)C2CCC(N(C)C)CC2)c1. The maximum atomic E-state index is 13.8. The van der Waals surface area contributed by atoms with Crippen LogP contribution in [-0.2, 0) is 6.54 Å². The van der Waals surface area contributed by atoms with E-state index in [0.29, 0.717) is 34.9 Å². The van der Waals surface area contributed by atoms with Gasteiger partial charge in [-0.3, -0.25) is 9.59 Å². The van der Waals surface area contributed by atoms with E-state index in [1.54, 1.807) is 6.20 Å². The van der Waals surface area contributed by atoms with E-state index in [-0.39, 0.29) is 24.0 Å². The summed E-state index contributed by atoms with van der Waals surface area (Å²) in [6, 6.07) is 6.75. The lowest BCUT2D eigenvalue weighted by atomic mass is 9.68. The van der Waals surface area contributed by atoms with Crippen LogP contribution in [0, 0.1) is 32.6 Å². The Labute approximate surface area is 258 Å². The monoisotopic (exact) mass is 588 g/mol. The Balaban J connectivity index is 2.05. The van der Waals surface area contributed by atoms with Crippen LogP contribution < -0.4 is 16.6 Å². The molecule has 3 rings (SSSR count). The van der Waals surface area contributed by atoms with Gasteiger partial charge in [-0.25, -0.2) is 9.98 Å². The van der Waals surface area contributed by atoms with Gasteiger partial charge in [0.05, 0.1) is 0 Å². The fourth-order valence-corrected chi connectivity index (χ4v) is 6.97. The minimum atomic E-state index is -0.196. The number of aryl methyl sites for hydroxylation is 2. The topological polar surface area (TPSA) is 116 Å². The second-order valence-corrected chi connectivity index (χ2v) is 12.4. The van der Waals surface area contributed by atoms with E-state index in [0.717, 1.165) is 40.8 Å². The number of aliphatic imine (C=N–C) groups is 2. The van der Waals surface area contributed by atoms with Gasteiger partial charge in [0.1, 0.15) is 0 Å². The number of hydrogen-bond donors (Lipinski definition) is 3. The number of benzene rings is 1. The summed E-state index contributed by atoms with van der Waals surface area (Å²) in [7, 11) is 4.38. The van der Waals surface area contributed by atoms with Crippen LogP contribution in [0.15, 0.2) is 39.2 Å². The van der Waals surface area contributed by atoms with Gasteiger partial charge in [0.15, 0.2) is 0 Å². The summed E-state index contributed by atoms with van der Waals surface area (Å²) in [5.74, 6) is 1.39. The van der Waals surface area contributed by atoms with Gasteiger partial charge in [0, 0.05) is 35.6 Å². The molecule has 1 aromatic heterocycles. The molecule has 1 heterocycles. The number of carbonyl (C=O) groups excluding carboxylic acids is 1. The van der Waals surface area contributed by atoms with E-state index in [2.05, 4.69) is 72.8 Å². The van der Waals surface area contributed by atoms with E-state index in [9.17, 15) is 9.59 Å². The number of amides is 1.